The lowest BCUT2D eigenvalue weighted by Crippen LogP contribution is -2.40. The number of fused-ring (bicyclic) bond motifs is 1. The van der Waals surface area contributed by atoms with Crippen molar-refractivity contribution in [2.75, 3.05) is 7.11 Å². The van der Waals surface area contributed by atoms with Gasteiger partial charge in [-0.2, -0.15) is 0 Å². The first-order valence-corrected chi connectivity index (χ1v) is 9.13. The Hall–Kier alpha value is -2.27. The van der Waals surface area contributed by atoms with Crippen LogP contribution in [-0.2, 0) is 9.53 Å². The molecule has 2 rings (SSSR count). The van der Waals surface area contributed by atoms with Gasteiger partial charge in [0.1, 0.15) is 0 Å². The van der Waals surface area contributed by atoms with Crippen molar-refractivity contribution in [3.05, 3.63) is 47.5 Å². The normalized spacial score (nSPS) is 15.5. The van der Waals surface area contributed by atoms with E-state index in [0.717, 1.165) is 38.5 Å². The van der Waals surface area contributed by atoms with Crippen molar-refractivity contribution < 1.29 is 24.2 Å². The van der Waals surface area contributed by atoms with E-state index in [4.69, 9.17) is 0 Å². The van der Waals surface area contributed by atoms with E-state index >= 15 is 0 Å². The molecule has 0 saturated carbocycles. The molecule has 0 fully saturated rings. The number of rotatable bonds is 10. The van der Waals surface area contributed by atoms with Crippen LogP contribution in [-0.4, -0.2) is 35.4 Å². The second kappa shape index (κ2) is 9.43. The number of hydrogen-bond acceptors (Lipinski definition) is 5. The summed E-state index contributed by atoms with van der Waals surface area (Å²) >= 11 is 0. The molecule has 1 aromatic carbocycles. The first-order valence-electron chi connectivity index (χ1n) is 9.13. The Morgan fingerprint density at radius 1 is 1.00 bits per heavy atom. The number of hydrogen-bond donors (Lipinski definition) is 1. The molecule has 1 aromatic rings. The third kappa shape index (κ3) is 4.67. The number of aliphatic hydroxyl groups is 1. The fourth-order valence-corrected chi connectivity index (χ4v) is 3.15. The number of methoxy groups -OCH3 is 1. The number of carbonyl (C=O) groups excluding carboxylic acids is 3. The van der Waals surface area contributed by atoms with Crippen LogP contribution in [0, 0.1) is 0 Å². The maximum absolute atomic E-state index is 12.3. The summed E-state index contributed by atoms with van der Waals surface area (Å²) in [5, 5.41) is 10.5. The highest BCUT2D eigenvalue weighted by Crippen LogP contribution is 2.32. The molecule has 0 saturated heterocycles. The van der Waals surface area contributed by atoms with Crippen molar-refractivity contribution in [1.82, 2.24) is 0 Å². The zero-order chi connectivity index (χ0) is 19.0. The maximum atomic E-state index is 12.3. The Bertz CT molecular complexity index is 654. The second-order valence-corrected chi connectivity index (χ2v) is 6.62. The number of esters is 1. The summed E-state index contributed by atoms with van der Waals surface area (Å²) in [5.74, 6) is -1.18. The molecular formula is C21H26O5. The van der Waals surface area contributed by atoms with Crippen LogP contribution in [0.2, 0.25) is 0 Å². The van der Waals surface area contributed by atoms with E-state index in [-0.39, 0.29) is 12.4 Å². The molecule has 0 heterocycles. The van der Waals surface area contributed by atoms with Crippen LogP contribution in [0.1, 0.15) is 72.1 Å². The number of unbranched alkanes of at least 4 members (excludes halogenated alkanes) is 5. The summed E-state index contributed by atoms with van der Waals surface area (Å²) in [7, 11) is 1.40. The first kappa shape index (κ1) is 20.0. The van der Waals surface area contributed by atoms with Gasteiger partial charge in [-0.05, 0) is 19.3 Å². The number of carbonyl (C=O) groups is 3. The highest BCUT2D eigenvalue weighted by Gasteiger charge is 2.50. The Labute approximate surface area is 154 Å². The fraction of sp³-hybridized carbons (Fsp3) is 0.476. The van der Waals surface area contributed by atoms with Gasteiger partial charge in [0, 0.05) is 24.0 Å². The molecule has 5 heteroatoms. The maximum Gasteiger partial charge on any atom is 0.305 e. The molecule has 0 spiro atoms. The Morgan fingerprint density at radius 3 is 2.19 bits per heavy atom. The van der Waals surface area contributed by atoms with Crippen molar-refractivity contribution in [3.8, 4) is 0 Å². The Morgan fingerprint density at radius 2 is 1.58 bits per heavy atom. The predicted molar refractivity (Wildman–Crippen MR) is 98.1 cm³/mol. The number of ether oxygens (including phenoxy) is 1. The SMILES string of the molecule is COC(=O)CCCCCCC/C=C/CC1(O)C(=O)c2ccccc2C1=O. The van der Waals surface area contributed by atoms with Gasteiger partial charge in [-0.15, -0.1) is 0 Å². The lowest BCUT2D eigenvalue weighted by molar-refractivity contribution is -0.140. The lowest BCUT2D eigenvalue weighted by Gasteiger charge is -2.16. The van der Waals surface area contributed by atoms with Crippen molar-refractivity contribution >= 4 is 17.5 Å². The molecule has 1 N–H and O–H groups in total. The van der Waals surface area contributed by atoms with Crippen LogP contribution < -0.4 is 0 Å². The zero-order valence-corrected chi connectivity index (χ0v) is 15.2. The third-order valence-corrected chi connectivity index (χ3v) is 4.73. The molecule has 0 aromatic heterocycles. The minimum Gasteiger partial charge on any atom is -0.469 e. The van der Waals surface area contributed by atoms with E-state index in [1.807, 2.05) is 6.08 Å². The first-order chi connectivity index (χ1) is 12.5. The van der Waals surface area contributed by atoms with E-state index in [1.54, 1.807) is 30.3 Å². The Balaban J connectivity index is 1.67. The highest BCUT2D eigenvalue weighted by atomic mass is 16.5. The highest BCUT2D eigenvalue weighted by molar-refractivity contribution is 6.31. The Kier molecular flexibility index (Phi) is 7.27. The number of allylic oxidation sites excluding steroid dienone is 1. The van der Waals surface area contributed by atoms with Crippen molar-refractivity contribution in [2.24, 2.45) is 0 Å². The predicted octanol–water partition coefficient (Wildman–Crippen LogP) is 3.65. The van der Waals surface area contributed by atoms with E-state index in [2.05, 4.69) is 4.74 Å². The number of benzene rings is 1. The van der Waals surface area contributed by atoms with Crippen LogP contribution in [0.3, 0.4) is 0 Å². The molecule has 0 aliphatic heterocycles. The zero-order valence-electron chi connectivity index (χ0n) is 15.2. The van der Waals surface area contributed by atoms with Gasteiger partial charge in [-0.1, -0.05) is 55.7 Å². The molecule has 1 aliphatic rings. The molecule has 0 amide bonds. The van der Waals surface area contributed by atoms with Crippen LogP contribution in [0.15, 0.2) is 36.4 Å². The number of ketones is 2. The molecule has 0 radical (unpaired) electrons. The van der Waals surface area contributed by atoms with Crippen molar-refractivity contribution in [1.29, 1.82) is 0 Å². The van der Waals surface area contributed by atoms with Gasteiger partial charge >= 0.3 is 5.97 Å². The average molecular weight is 358 g/mol. The van der Waals surface area contributed by atoms with Gasteiger partial charge in [0.15, 0.2) is 5.60 Å². The van der Waals surface area contributed by atoms with Crippen molar-refractivity contribution in [3.63, 3.8) is 0 Å². The molecular weight excluding hydrogens is 332 g/mol. The van der Waals surface area contributed by atoms with Gasteiger partial charge < -0.3 is 9.84 Å². The summed E-state index contributed by atoms with van der Waals surface area (Å²) < 4.78 is 4.59. The van der Waals surface area contributed by atoms with E-state index in [9.17, 15) is 19.5 Å². The minimum atomic E-state index is -1.95. The van der Waals surface area contributed by atoms with E-state index in [0.29, 0.717) is 17.5 Å². The minimum absolute atomic E-state index is 0.0124. The van der Waals surface area contributed by atoms with Gasteiger partial charge in [-0.25, -0.2) is 0 Å². The summed E-state index contributed by atoms with van der Waals surface area (Å²) in [5.41, 5.74) is -1.34. The molecule has 140 valence electrons. The van der Waals surface area contributed by atoms with E-state index in [1.165, 1.54) is 7.11 Å². The van der Waals surface area contributed by atoms with Gasteiger partial charge in [0.25, 0.3) is 0 Å². The topological polar surface area (TPSA) is 80.7 Å². The van der Waals surface area contributed by atoms with Crippen LogP contribution in [0.4, 0.5) is 0 Å². The molecule has 5 nitrogen and oxygen atoms in total. The quantitative estimate of drug-likeness (QED) is 0.299. The summed E-state index contributed by atoms with van der Waals surface area (Å²) in [6.45, 7) is 0. The van der Waals surface area contributed by atoms with Gasteiger partial charge in [0.05, 0.1) is 7.11 Å². The monoisotopic (exact) mass is 358 g/mol. The average Bonchev–Trinajstić information content (AvgIpc) is 2.85. The summed E-state index contributed by atoms with van der Waals surface area (Å²) in [6, 6.07) is 6.54. The van der Waals surface area contributed by atoms with E-state index < -0.39 is 17.2 Å². The van der Waals surface area contributed by atoms with Crippen LogP contribution in [0.5, 0.6) is 0 Å². The standard InChI is InChI=1S/C21H26O5/c1-26-18(22)14-8-6-4-2-3-5-7-11-15-21(25)19(23)16-12-9-10-13-17(16)20(21)24/h7,9-13,25H,2-6,8,14-15H2,1H3/b11-7+. The van der Waals surface area contributed by atoms with Crippen LogP contribution in [0.25, 0.3) is 0 Å². The third-order valence-electron chi connectivity index (χ3n) is 4.73. The van der Waals surface area contributed by atoms with Crippen LogP contribution >= 0.6 is 0 Å². The van der Waals surface area contributed by atoms with Crippen molar-refractivity contribution in [2.45, 2.75) is 57.0 Å². The summed E-state index contributed by atoms with van der Waals surface area (Å²) in [6.07, 6.45) is 9.91. The number of Topliss-reactive ketones (excluding diaryl/α,β-unsaturated/α-hetero) is 2. The molecule has 1 aliphatic carbocycles. The summed E-state index contributed by atoms with van der Waals surface area (Å²) in [4.78, 5) is 35.6. The molecule has 0 atom stereocenters. The lowest BCUT2D eigenvalue weighted by atomic mass is 9.93. The largest absolute Gasteiger partial charge is 0.469 e. The smallest absolute Gasteiger partial charge is 0.305 e. The second-order valence-electron chi connectivity index (χ2n) is 6.62. The van der Waals surface area contributed by atoms with Gasteiger partial charge in [0.2, 0.25) is 11.6 Å². The molecule has 0 bridgehead atoms. The van der Waals surface area contributed by atoms with Gasteiger partial charge in [-0.3, -0.25) is 14.4 Å². The fourth-order valence-electron chi connectivity index (χ4n) is 3.15. The molecule has 0 unspecified atom stereocenters. The molecule has 26 heavy (non-hydrogen) atoms.